The van der Waals surface area contributed by atoms with Gasteiger partial charge in [-0.2, -0.15) is 0 Å². The van der Waals surface area contributed by atoms with Crippen LogP contribution in [0.1, 0.15) is 47.1 Å². The number of esters is 1. The molecule has 2 heterocycles. The first-order valence-electron chi connectivity index (χ1n) is 13.7. The monoisotopic (exact) mass is 568 g/mol. The van der Waals surface area contributed by atoms with Crippen molar-refractivity contribution in [3.8, 4) is 11.4 Å². The van der Waals surface area contributed by atoms with E-state index in [4.69, 9.17) is 9.47 Å². The molecule has 0 bridgehead atoms. The van der Waals surface area contributed by atoms with E-state index >= 15 is 0 Å². The van der Waals surface area contributed by atoms with E-state index in [0.29, 0.717) is 17.1 Å². The number of ether oxygens (including phenoxy) is 2. The molecule has 1 saturated heterocycles. The summed E-state index contributed by atoms with van der Waals surface area (Å²) in [5.74, 6) is 0.0709. The van der Waals surface area contributed by atoms with Crippen molar-refractivity contribution in [2.45, 2.75) is 33.6 Å². The van der Waals surface area contributed by atoms with Crippen molar-refractivity contribution in [3.63, 3.8) is 0 Å². The summed E-state index contributed by atoms with van der Waals surface area (Å²) in [4.78, 5) is 39.7. The highest BCUT2D eigenvalue weighted by Gasteiger charge is 2.35. The van der Waals surface area contributed by atoms with Gasteiger partial charge in [0.25, 0.3) is 11.1 Å². The molecule has 1 aliphatic heterocycles. The first kappa shape index (κ1) is 28.2. The Morgan fingerprint density at radius 3 is 2.49 bits per heavy atom. The van der Waals surface area contributed by atoms with E-state index in [0.717, 1.165) is 63.8 Å². The van der Waals surface area contributed by atoms with Crippen molar-refractivity contribution < 1.29 is 23.9 Å². The smallest absolute Gasteiger partial charge is 0.338 e. The van der Waals surface area contributed by atoms with Crippen LogP contribution < -0.4 is 4.74 Å². The molecule has 4 aromatic rings. The molecule has 0 atom stereocenters. The Labute approximate surface area is 243 Å². The Morgan fingerprint density at radius 2 is 1.71 bits per heavy atom. The van der Waals surface area contributed by atoms with Crippen LogP contribution in [0.4, 0.5) is 4.79 Å². The second-order valence-corrected chi connectivity index (χ2v) is 10.9. The molecule has 1 fully saturated rings. The number of imide groups is 1. The third-order valence-corrected chi connectivity index (χ3v) is 7.95. The molecule has 3 aromatic carbocycles. The lowest BCUT2D eigenvalue weighted by Gasteiger charge is -2.14. The molecule has 41 heavy (non-hydrogen) atoms. The van der Waals surface area contributed by atoms with Crippen LogP contribution in [-0.2, 0) is 9.53 Å². The van der Waals surface area contributed by atoms with Crippen LogP contribution >= 0.6 is 11.8 Å². The lowest BCUT2D eigenvalue weighted by Crippen LogP contribution is -2.32. The van der Waals surface area contributed by atoms with E-state index in [-0.39, 0.29) is 30.3 Å². The van der Waals surface area contributed by atoms with E-state index in [1.54, 1.807) is 18.2 Å². The van der Waals surface area contributed by atoms with Gasteiger partial charge in [-0.25, -0.2) is 4.79 Å². The van der Waals surface area contributed by atoms with Crippen LogP contribution in [-0.4, -0.2) is 46.3 Å². The number of thioether (sulfide) groups is 1. The van der Waals surface area contributed by atoms with Crippen LogP contribution in [0, 0.1) is 13.8 Å². The second-order valence-electron chi connectivity index (χ2n) is 9.86. The van der Waals surface area contributed by atoms with E-state index in [9.17, 15) is 14.4 Å². The average Bonchev–Trinajstić information content (AvgIpc) is 3.41. The highest BCUT2D eigenvalue weighted by Crippen LogP contribution is 2.34. The maximum Gasteiger partial charge on any atom is 0.338 e. The fourth-order valence-electron chi connectivity index (χ4n) is 4.87. The minimum atomic E-state index is -0.329. The summed E-state index contributed by atoms with van der Waals surface area (Å²) in [6.07, 6.45) is 3.58. The Morgan fingerprint density at radius 1 is 0.951 bits per heavy atom. The molecule has 0 saturated carbocycles. The molecule has 1 aliphatic rings. The van der Waals surface area contributed by atoms with Gasteiger partial charge in [0, 0.05) is 22.5 Å². The number of aryl methyl sites for hydroxylation is 1. The predicted molar refractivity (Wildman–Crippen MR) is 163 cm³/mol. The Balaban J connectivity index is 1.27. The zero-order valence-corrected chi connectivity index (χ0v) is 24.2. The standard InChI is InChI=1S/C33H32N2O5S/c1-4-5-18-40-32(37)25-13-15-27(16-14-25)35-22(2)20-26(23(35)3)21-30-31(36)34(33(38)41-30)17-19-39-29-12-8-10-24-9-6-7-11-28(24)29/h6-16,20-21H,4-5,17-19H2,1-3H3/b30-21-. The Kier molecular flexibility index (Phi) is 8.59. The van der Waals surface area contributed by atoms with Gasteiger partial charge in [-0.15, -0.1) is 0 Å². The normalized spacial score (nSPS) is 14.3. The molecule has 8 heteroatoms. The lowest BCUT2D eigenvalue weighted by molar-refractivity contribution is -0.123. The number of hydrogen-bond acceptors (Lipinski definition) is 6. The molecule has 210 valence electrons. The van der Waals surface area contributed by atoms with Crippen LogP contribution in [0.5, 0.6) is 5.75 Å². The number of nitrogens with zero attached hydrogens (tertiary/aromatic N) is 2. The van der Waals surface area contributed by atoms with Crippen LogP contribution in [0.3, 0.4) is 0 Å². The number of fused-ring (bicyclic) bond motifs is 1. The third kappa shape index (κ3) is 6.07. The van der Waals surface area contributed by atoms with Crippen molar-refractivity contribution in [3.05, 3.63) is 100 Å². The Bertz CT molecular complexity index is 1630. The Hall–Kier alpha value is -4.30. The molecule has 2 amide bonds. The SMILES string of the molecule is CCCCOC(=O)c1ccc(-n2c(C)cc(/C=C3\SC(=O)N(CCOc4cccc5ccccc45)C3=O)c2C)cc1. The number of unbranched alkanes of at least 4 members (excludes halogenated alkanes) is 1. The average molecular weight is 569 g/mol. The van der Waals surface area contributed by atoms with Crippen LogP contribution in [0.15, 0.2) is 77.7 Å². The summed E-state index contributed by atoms with van der Waals surface area (Å²) in [6, 6.07) is 23.0. The van der Waals surface area contributed by atoms with Gasteiger partial charge < -0.3 is 14.0 Å². The maximum atomic E-state index is 13.2. The first-order chi connectivity index (χ1) is 19.9. The fourth-order valence-corrected chi connectivity index (χ4v) is 5.73. The molecule has 7 nitrogen and oxygen atoms in total. The molecule has 1 aromatic heterocycles. The lowest BCUT2D eigenvalue weighted by atomic mass is 10.1. The van der Waals surface area contributed by atoms with Gasteiger partial charge in [-0.05, 0) is 85.5 Å². The summed E-state index contributed by atoms with van der Waals surface area (Å²) in [5.41, 5.74) is 4.14. The zero-order chi connectivity index (χ0) is 28.9. The summed E-state index contributed by atoms with van der Waals surface area (Å²) in [5, 5.41) is 1.75. The zero-order valence-electron chi connectivity index (χ0n) is 23.4. The molecule has 0 radical (unpaired) electrons. The van der Waals surface area contributed by atoms with E-state index < -0.39 is 0 Å². The van der Waals surface area contributed by atoms with Crippen molar-refractivity contribution in [1.29, 1.82) is 0 Å². The summed E-state index contributed by atoms with van der Waals surface area (Å²) >= 11 is 0.941. The van der Waals surface area contributed by atoms with Gasteiger partial charge in [-0.1, -0.05) is 49.7 Å². The minimum absolute atomic E-state index is 0.164. The molecule has 5 rings (SSSR count). The van der Waals surface area contributed by atoms with Gasteiger partial charge in [0.05, 0.1) is 23.6 Å². The van der Waals surface area contributed by atoms with Crippen molar-refractivity contribution >= 4 is 45.7 Å². The highest BCUT2D eigenvalue weighted by molar-refractivity contribution is 8.18. The van der Waals surface area contributed by atoms with E-state index in [1.165, 1.54) is 4.90 Å². The number of rotatable bonds is 10. The minimum Gasteiger partial charge on any atom is -0.491 e. The van der Waals surface area contributed by atoms with Crippen LogP contribution in [0.2, 0.25) is 0 Å². The van der Waals surface area contributed by atoms with Gasteiger partial charge in [0.1, 0.15) is 12.4 Å². The topological polar surface area (TPSA) is 77.8 Å². The number of hydrogen-bond donors (Lipinski definition) is 0. The largest absolute Gasteiger partial charge is 0.491 e. The number of benzene rings is 3. The molecular formula is C33H32N2O5S. The first-order valence-corrected chi connectivity index (χ1v) is 14.5. The van der Waals surface area contributed by atoms with Gasteiger partial charge in [-0.3, -0.25) is 14.5 Å². The van der Waals surface area contributed by atoms with Gasteiger partial charge in [0.2, 0.25) is 0 Å². The maximum absolute atomic E-state index is 13.2. The predicted octanol–water partition coefficient (Wildman–Crippen LogP) is 7.32. The number of aromatic nitrogens is 1. The van der Waals surface area contributed by atoms with Crippen molar-refractivity contribution in [2.75, 3.05) is 19.8 Å². The van der Waals surface area contributed by atoms with Crippen LogP contribution in [0.25, 0.3) is 22.5 Å². The quantitative estimate of drug-likeness (QED) is 0.113. The molecule has 0 N–H and O–H groups in total. The molecule has 0 unspecified atom stereocenters. The summed E-state index contributed by atoms with van der Waals surface area (Å²) in [6.45, 7) is 6.78. The second kappa shape index (κ2) is 12.5. The highest BCUT2D eigenvalue weighted by atomic mass is 32.2. The summed E-state index contributed by atoms with van der Waals surface area (Å²) < 4.78 is 13.3. The van der Waals surface area contributed by atoms with Gasteiger partial charge >= 0.3 is 5.97 Å². The number of carbonyl (C=O) groups is 3. The van der Waals surface area contributed by atoms with Crippen molar-refractivity contribution in [1.82, 2.24) is 9.47 Å². The van der Waals surface area contributed by atoms with Gasteiger partial charge in [0.15, 0.2) is 0 Å². The number of carbonyl (C=O) groups excluding carboxylic acids is 3. The van der Waals surface area contributed by atoms with E-state index in [2.05, 4.69) is 4.57 Å². The summed E-state index contributed by atoms with van der Waals surface area (Å²) in [7, 11) is 0. The fraction of sp³-hybridized carbons (Fsp3) is 0.242. The molecule has 0 aliphatic carbocycles. The van der Waals surface area contributed by atoms with E-state index in [1.807, 2.05) is 81.4 Å². The third-order valence-electron chi connectivity index (χ3n) is 7.04. The number of amides is 2. The molecular weight excluding hydrogens is 536 g/mol. The molecule has 0 spiro atoms. The van der Waals surface area contributed by atoms with Crippen molar-refractivity contribution in [2.24, 2.45) is 0 Å².